The largest absolute Gasteiger partial charge is 0.480 e. The molecule has 6 nitrogen and oxygen atoms in total. The summed E-state index contributed by atoms with van der Waals surface area (Å²) in [4.78, 5) is 11.8. The standard InChI is InChI=1S/C24H33BN2O4/c26-24(23(28)29,13-4-5-14-25(30)31)21-16-22(17-21)27-15-12-18-8-10-20(11-9-18)19-6-2-1-3-7-19/h1-3,6-11,21-22,27,30-31H,4-5,12-17,26H2,(H,28,29)/t21-,22+,24?. The van der Waals surface area contributed by atoms with Crippen molar-refractivity contribution in [1.29, 1.82) is 0 Å². The van der Waals surface area contributed by atoms with Crippen LogP contribution >= 0.6 is 0 Å². The van der Waals surface area contributed by atoms with Crippen LogP contribution in [0, 0.1) is 5.92 Å². The van der Waals surface area contributed by atoms with Gasteiger partial charge < -0.3 is 26.2 Å². The van der Waals surface area contributed by atoms with Crippen LogP contribution in [0.4, 0.5) is 0 Å². The van der Waals surface area contributed by atoms with Crippen LogP contribution in [0.25, 0.3) is 11.1 Å². The summed E-state index contributed by atoms with van der Waals surface area (Å²) < 4.78 is 0. The van der Waals surface area contributed by atoms with E-state index in [1.165, 1.54) is 16.7 Å². The molecule has 166 valence electrons. The molecule has 0 amide bonds. The van der Waals surface area contributed by atoms with E-state index in [1.54, 1.807) is 0 Å². The Balaban J connectivity index is 1.39. The van der Waals surface area contributed by atoms with Crippen LogP contribution in [0.3, 0.4) is 0 Å². The first-order chi connectivity index (χ1) is 14.9. The predicted octanol–water partition coefficient (Wildman–Crippen LogP) is 2.69. The van der Waals surface area contributed by atoms with Gasteiger partial charge in [0, 0.05) is 6.04 Å². The molecule has 1 atom stereocenters. The van der Waals surface area contributed by atoms with Gasteiger partial charge in [-0.1, -0.05) is 67.4 Å². The topological polar surface area (TPSA) is 116 Å². The first-order valence-corrected chi connectivity index (χ1v) is 11.1. The lowest BCUT2D eigenvalue weighted by Gasteiger charge is -2.45. The van der Waals surface area contributed by atoms with Gasteiger partial charge in [-0.25, -0.2) is 0 Å². The highest BCUT2D eigenvalue weighted by molar-refractivity contribution is 6.40. The van der Waals surface area contributed by atoms with E-state index in [-0.39, 0.29) is 12.2 Å². The third-order valence-corrected chi connectivity index (χ3v) is 6.48. The second kappa shape index (κ2) is 10.9. The van der Waals surface area contributed by atoms with Crippen LogP contribution in [0.2, 0.25) is 6.32 Å². The van der Waals surface area contributed by atoms with Crippen molar-refractivity contribution >= 4 is 13.1 Å². The molecule has 0 bridgehead atoms. The molecule has 0 heterocycles. The van der Waals surface area contributed by atoms with Crippen LogP contribution in [-0.2, 0) is 11.2 Å². The molecule has 1 fully saturated rings. The second-order valence-corrected chi connectivity index (χ2v) is 8.70. The Morgan fingerprint density at radius 2 is 1.68 bits per heavy atom. The number of carboxylic acids is 1. The third kappa shape index (κ3) is 6.40. The molecule has 0 aliphatic heterocycles. The Morgan fingerprint density at radius 1 is 1.03 bits per heavy atom. The Hall–Kier alpha value is -2.19. The quantitative estimate of drug-likeness (QED) is 0.264. The molecule has 31 heavy (non-hydrogen) atoms. The molecule has 3 rings (SSSR count). The number of nitrogens with one attached hydrogen (secondary N) is 1. The molecule has 1 aliphatic carbocycles. The molecule has 6 N–H and O–H groups in total. The average Bonchev–Trinajstić information content (AvgIpc) is 2.73. The number of unbranched alkanes of at least 4 members (excludes halogenated alkanes) is 1. The maximum atomic E-state index is 11.8. The minimum Gasteiger partial charge on any atom is -0.480 e. The lowest BCUT2D eigenvalue weighted by Crippen LogP contribution is -2.61. The van der Waals surface area contributed by atoms with Crippen molar-refractivity contribution in [1.82, 2.24) is 5.32 Å². The minimum absolute atomic E-state index is 0.0493. The first-order valence-electron chi connectivity index (χ1n) is 11.1. The van der Waals surface area contributed by atoms with Gasteiger partial charge in [0.05, 0.1) is 0 Å². The van der Waals surface area contributed by atoms with Crippen molar-refractivity contribution in [3.8, 4) is 11.1 Å². The van der Waals surface area contributed by atoms with E-state index in [0.717, 1.165) is 25.8 Å². The van der Waals surface area contributed by atoms with E-state index in [0.29, 0.717) is 25.3 Å². The van der Waals surface area contributed by atoms with Crippen LogP contribution < -0.4 is 11.1 Å². The third-order valence-electron chi connectivity index (χ3n) is 6.48. The monoisotopic (exact) mass is 424 g/mol. The van der Waals surface area contributed by atoms with Crippen molar-refractivity contribution < 1.29 is 19.9 Å². The van der Waals surface area contributed by atoms with Crippen molar-refractivity contribution in [3.05, 3.63) is 60.2 Å². The molecule has 2 aromatic carbocycles. The zero-order chi connectivity index (χ0) is 22.3. The Kier molecular flexibility index (Phi) is 8.26. The highest BCUT2D eigenvalue weighted by atomic mass is 16.4. The Labute approximate surface area is 184 Å². The fourth-order valence-electron chi connectivity index (χ4n) is 4.35. The van der Waals surface area contributed by atoms with Gasteiger partial charge >= 0.3 is 13.1 Å². The molecule has 7 heteroatoms. The lowest BCUT2D eigenvalue weighted by molar-refractivity contribution is -0.148. The molecule has 1 unspecified atom stereocenters. The highest BCUT2D eigenvalue weighted by Crippen LogP contribution is 2.38. The number of nitrogens with two attached hydrogens (primary N) is 1. The molecule has 2 aromatic rings. The summed E-state index contributed by atoms with van der Waals surface area (Å²) in [5, 5.41) is 31.0. The van der Waals surface area contributed by atoms with Gasteiger partial charge in [0.15, 0.2) is 0 Å². The molecule has 0 radical (unpaired) electrons. The summed E-state index contributed by atoms with van der Waals surface area (Å²) in [7, 11) is -1.34. The maximum absolute atomic E-state index is 11.8. The second-order valence-electron chi connectivity index (χ2n) is 8.70. The zero-order valence-corrected chi connectivity index (χ0v) is 17.9. The van der Waals surface area contributed by atoms with Gasteiger partial charge in [-0.2, -0.15) is 0 Å². The summed E-state index contributed by atoms with van der Waals surface area (Å²) in [6, 6.07) is 19.2. The normalized spacial score (nSPS) is 20.0. The molecular formula is C24H33BN2O4. The summed E-state index contributed by atoms with van der Waals surface area (Å²) in [5.74, 6) is -1.01. The summed E-state index contributed by atoms with van der Waals surface area (Å²) in [6.07, 6.45) is 4.19. The summed E-state index contributed by atoms with van der Waals surface area (Å²) >= 11 is 0. The maximum Gasteiger partial charge on any atom is 0.451 e. The fourth-order valence-corrected chi connectivity index (χ4v) is 4.35. The fraction of sp³-hybridized carbons (Fsp3) is 0.458. The number of hydrogen-bond donors (Lipinski definition) is 5. The Morgan fingerprint density at radius 3 is 2.29 bits per heavy atom. The minimum atomic E-state index is -1.34. The first kappa shape index (κ1) is 23.5. The predicted molar refractivity (Wildman–Crippen MR) is 124 cm³/mol. The van der Waals surface area contributed by atoms with Gasteiger partial charge in [-0.3, -0.25) is 4.79 Å². The number of hydrogen-bond acceptors (Lipinski definition) is 5. The molecule has 1 saturated carbocycles. The van der Waals surface area contributed by atoms with E-state index in [4.69, 9.17) is 15.8 Å². The van der Waals surface area contributed by atoms with E-state index in [9.17, 15) is 9.90 Å². The van der Waals surface area contributed by atoms with Crippen molar-refractivity contribution in [3.63, 3.8) is 0 Å². The van der Waals surface area contributed by atoms with Crippen molar-refractivity contribution in [2.45, 2.75) is 56.4 Å². The number of carbonyl (C=O) groups is 1. The van der Waals surface area contributed by atoms with Crippen LogP contribution in [0.15, 0.2) is 54.6 Å². The SMILES string of the molecule is NC(CCCCB(O)O)(C(=O)O)[C@H]1C[C@@H](NCCc2ccc(-c3ccccc3)cc2)C1. The van der Waals surface area contributed by atoms with E-state index in [2.05, 4.69) is 41.7 Å². The smallest absolute Gasteiger partial charge is 0.451 e. The summed E-state index contributed by atoms with van der Waals surface area (Å²) in [6.45, 7) is 0.848. The van der Waals surface area contributed by atoms with Crippen LogP contribution in [-0.4, -0.2) is 46.4 Å². The number of benzene rings is 2. The van der Waals surface area contributed by atoms with Gasteiger partial charge in [0.2, 0.25) is 0 Å². The molecule has 0 aromatic heterocycles. The molecule has 0 saturated heterocycles. The van der Waals surface area contributed by atoms with Crippen LogP contribution in [0.1, 0.15) is 37.7 Å². The average molecular weight is 424 g/mol. The Bertz CT molecular complexity index is 825. The van der Waals surface area contributed by atoms with Gasteiger partial charge in [0.25, 0.3) is 0 Å². The van der Waals surface area contributed by atoms with E-state index < -0.39 is 18.6 Å². The number of aliphatic carboxylic acids is 1. The number of rotatable bonds is 12. The molecule has 1 aliphatic rings. The van der Waals surface area contributed by atoms with E-state index >= 15 is 0 Å². The highest BCUT2D eigenvalue weighted by Gasteiger charge is 2.47. The molecular weight excluding hydrogens is 391 g/mol. The van der Waals surface area contributed by atoms with Gasteiger partial charge in [-0.05, 0) is 61.2 Å². The van der Waals surface area contributed by atoms with E-state index in [1.807, 2.05) is 18.2 Å². The number of carboxylic acid groups (broad SMARTS) is 1. The van der Waals surface area contributed by atoms with Gasteiger partial charge in [0.1, 0.15) is 5.54 Å². The van der Waals surface area contributed by atoms with Crippen molar-refractivity contribution in [2.75, 3.05) is 6.54 Å². The lowest BCUT2D eigenvalue weighted by atomic mass is 9.66. The molecule has 0 spiro atoms. The summed E-state index contributed by atoms with van der Waals surface area (Å²) in [5.41, 5.74) is 8.72. The van der Waals surface area contributed by atoms with Crippen LogP contribution in [0.5, 0.6) is 0 Å². The zero-order valence-electron chi connectivity index (χ0n) is 17.9. The van der Waals surface area contributed by atoms with Crippen molar-refractivity contribution in [2.24, 2.45) is 11.7 Å². The van der Waals surface area contributed by atoms with Gasteiger partial charge in [-0.15, -0.1) is 0 Å².